The van der Waals surface area contributed by atoms with E-state index in [1.54, 1.807) is 18.2 Å². The number of aromatic amines is 1. The average molecular weight is 284 g/mol. The second-order valence-electron chi connectivity index (χ2n) is 3.85. The Balaban J connectivity index is 2.12. The van der Waals surface area contributed by atoms with E-state index < -0.39 is 0 Å². The van der Waals surface area contributed by atoms with Crippen molar-refractivity contribution in [2.45, 2.75) is 13.0 Å². The van der Waals surface area contributed by atoms with Crippen LogP contribution in [0.4, 0.5) is 0 Å². The molecule has 1 amide bonds. The minimum absolute atomic E-state index is 0.206. The molecule has 0 fully saturated rings. The lowest BCUT2D eigenvalue weighted by molar-refractivity contribution is 0.0940. The number of halogens is 2. The first-order chi connectivity index (χ1) is 8.58. The van der Waals surface area contributed by atoms with E-state index in [-0.39, 0.29) is 11.9 Å². The molecule has 1 aromatic carbocycles. The first kappa shape index (κ1) is 12.9. The Kier molecular flexibility index (Phi) is 3.89. The first-order valence-corrected chi connectivity index (χ1v) is 6.08. The molecule has 1 heterocycles. The topological polar surface area (TPSA) is 57.8 Å². The molecular formula is C12H11Cl2N3O. The van der Waals surface area contributed by atoms with Crippen molar-refractivity contribution in [3.05, 3.63) is 51.8 Å². The molecule has 0 saturated carbocycles. The van der Waals surface area contributed by atoms with Gasteiger partial charge in [-0.1, -0.05) is 29.3 Å². The Morgan fingerprint density at radius 2 is 2.22 bits per heavy atom. The van der Waals surface area contributed by atoms with Gasteiger partial charge in [0, 0.05) is 16.2 Å². The number of amides is 1. The van der Waals surface area contributed by atoms with E-state index in [0.717, 1.165) is 5.56 Å². The number of nitrogens with one attached hydrogen (secondary N) is 2. The van der Waals surface area contributed by atoms with Gasteiger partial charge in [-0.3, -0.25) is 9.89 Å². The van der Waals surface area contributed by atoms with Crippen LogP contribution in [0.2, 0.25) is 10.0 Å². The molecule has 4 nitrogen and oxygen atoms in total. The van der Waals surface area contributed by atoms with E-state index in [2.05, 4.69) is 15.5 Å². The summed E-state index contributed by atoms with van der Waals surface area (Å²) in [6, 6.07) is 4.98. The summed E-state index contributed by atoms with van der Waals surface area (Å²) in [5.41, 5.74) is 1.30. The van der Waals surface area contributed by atoms with Gasteiger partial charge in [-0.05, 0) is 24.6 Å². The first-order valence-electron chi connectivity index (χ1n) is 5.32. The summed E-state index contributed by atoms with van der Waals surface area (Å²) >= 11 is 11.9. The van der Waals surface area contributed by atoms with Crippen molar-refractivity contribution < 1.29 is 4.79 Å². The maximum Gasteiger partial charge on any atom is 0.254 e. The van der Waals surface area contributed by atoms with Crippen LogP contribution < -0.4 is 5.32 Å². The number of carbonyl (C=O) groups excluding carboxylic acids is 1. The van der Waals surface area contributed by atoms with Crippen LogP contribution in [-0.2, 0) is 0 Å². The van der Waals surface area contributed by atoms with Gasteiger partial charge in [-0.25, -0.2) is 0 Å². The van der Waals surface area contributed by atoms with Crippen LogP contribution in [0.3, 0.4) is 0 Å². The van der Waals surface area contributed by atoms with Gasteiger partial charge in [-0.2, -0.15) is 5.10 Å². The molecule has 0 aliphatic rings. The fraction of sp³-hybridized carbons (Fsp3) is 0.167. The number of nitrogens with zero attached hydrogens (tertiary/aromatic N) is 1. The van der Waals surface area contributed by atoms with Crippen LogP contribution in [0.25, 0.3) is 0 Å². The van der Waals surface area contributed by atoms with Crippen molar-refractivity contribution in [1.82, 2.24) is 15.5 Å². The van der Waals surface area contributed by atoms with Crippen LogP contribution >= 0.6 is 23.2 Å². The fourth-order valence-corrected chi connectivity index (χ4v) is 2.16. The summed E-state index contributed by atoms with van der Waals surface area (Å²) in [4.78, 5) is 11.8. The quantitative estimate of drug-likeness (QED) is 0.909. The van der Waals surface area contributed by atoms with Gasteiger partial charge in [0.1, 0.15) is 0 Å². The van der Waals surface area contributed by atoms with Crippen LogP contribution in [0.15, 0.2) is 30.6 Å². The number of rotatable bonds is 3. The maximum absolute atomic E-state index is 11.8. The van der Waals surface area contributed by atoms with Crippen LogP contribution in [-0.4, -0.2) is 16.1 Å². The number of hydrogen-bond acceptors (Lipinski definition) is 2. The lowest BCUT2D eigenvalue weighted by Gasteiger charge is -2.15. The minimum atomic E-state index is -0.211. The fourth-order valence-electron chi connectivity index (χ4n) is 1.59. The molecular weight excluding hydrogens is 273 g/mol. The SMILES string of the molecule is CC(NC(=O)c1cn[nH]c1)c1ccc(Cl)cc1Cl. The molecule has 2 rings (SSSR count). The van der Waals surface area contributed by atoms with E-state index >= 15 is 0 Å². The smallest absolute Gasteiger partial charge is 0.254 e. The van der Waals surface area contributed by atoms with E-state index in [9.17, 15) is 4.79 Å². The van der Waals surface area contributed by atoms with Crippen molar-refractivity contribution >= 4 is 29.1 Å². The molecule has 1 unspecified atom stereocenters. The molecule has 1 aromatic heterocycles. The van der Waals surface area contributed by atoms with Gasteiger partial charge in [0.05, 0.1) is 17.8 Å². The molecule has 0 aliphatic heterocycles. The van der Waals surface area contributed by atoms with Crippen LogP contribution in [0, 0.1) is 0 Å². The molecule has 2 N–H and O–H groups in total. The number of benzene rings is 1. The Morgan fingerprint density at radius 3 is 2.83 bits per heavy atom. The van der Waals surface area contributed by atoms with Crippen LogP contribution in [0.1, 0.15) is 28.9 Å². The number of aromatic nitrogens is 2. The monoisotopic (exact) mass is 283 g/mol. The van der Waals surface area contributed by atoms with E-state index in [4.69, 9.17) is 23.2 Å². The third-order valence-corrected chi connectivity index (χ3v) is 3.10. The summed E-state index contributed by atoms with van der Waals surface area (Å²) in [5.74, 6) is -0.206. The minimum Gasteiger partial charge on any atom is -0.345 e. The lowest BCUT2D eigenvalue weighted by Crippen LogP contribution is -2.26. The zero-order valence-electron chi connectivity index (χ0n) is 9.58. The Bertz CT molecular complexity index is 554. The third kappa shape index (κ3) is 2.83. The highest BCUT2D eigenvalue weighted by Gasteiger charge is 2.14. The standard InChI is InChI=1S/C12H11Cl2N3O/c1-7(10-3-2-9(13)4-11(10)14)17-12(18)8-5-15-16-6-8/h2-7H,1H3,(H,15,16)(H,17,18). The molecule has 0 radical (unpaired) electrons. The summed E-state index contributed by atoms with van der Waals surface area (Å²) < 4.78 is 0. The zero-order chi connectivity index (χ0) is 13.1. The highest BCUT2D eigenvalue weighted by Crippen LogP contribution is 2.26. The summed E-state index contributed by atoms with van der Waals surface area (Å²) in [5, 5.41) is 10.2. The summed E-state index contributed by atoms with van der Waals surface area (Å²) in [6.45, 7) is 1.85. The van der Waals surface area contributed by atoms with E-state index in [0.29, 0.717) is 15.6 Å². The number of H-pyrrole nitrogens is 1. The Labute approximate surface area is 114 Å². The van der Waals surface area contributed by atoms with E-state index in [1.165, 1.54) is 12.4 Å². The summed E-state index contributed by atoms with van der Waals surface area (Å²) in [7, 11) is 0. The predicted octanol–water partition coefficient (Wildman–Crippen LogP) is 3.21. The van der Waals surface area contributed by atoms with Crippen molar-refractivity contribution in [2.75, 3.05) is 0 Å². The molecule has 0 aliphatic carbocycles. The molecule has 18 heavy (non-hydrogen) atoms. The summed E-state index contributed by atoms with van der Waals surface area (Å²) in [6.07, 6.45) is 3.00. The maximum atomic E-state index is 11.8. The van der Waals surface area contributed by atoms with E-state index in [1.807, 2.05) is 6.92 Å². The van der Waals surface area contributed by atoms with Gasteiger partial charge < -0.3 is 5.32 Å². The van der Waals surface area contributed by atoms with Crippen molar-refractivity contribution in [3.8, 4) is 0 Å². The normalized spacial score (nSPS) is 12.2. The highest BCUT2D eigenvalue weighted by molar-refractivity contribution is 6.35. The van der Waals surface area contributed by atoms with Gasteiger partial charge in [0.25, 0.3) is 5.91 Å². The van der Waals surface area contributed by atoms with Crippen molar-refractivity contribution in [3.63, 3.8) is 0 Å². The van der Waals surface area contributed by atoms with Crippen molar-refractivity contribution in [2.24, 2.45) is 0 Å². The number of carbonyl (C=O) groups is 1. The molecule has 0 spiro atoms. The molecule has 0 saturated heterocycles. The van der Waals surface area contributed by atoms with Gasteiger partial charge in [0.2, 0.25) is 0 Å². The molecule has 94 valence electrons. The predicted molar refractivity (Wildman–Crippen MR) is 70.9 cm³/mol. The average Bonchev–Trinajstić information content (AvgIpc) is 2.81. The molecule has 1 atom stereocenters. The van der Waals surface area contributed by atoms with Gasteiger partial charge in [-0.15, -0.1) is 0 Å². The van der Waals surface area contributed by atoms with Crippen molar-refractivity contribution in [1.29, 1.82) is 0 Å². The zero-order valence-corrected chi connectivity index (χ0v) is 11.1. The Morgan fingerprint density at radius 1 is 1.44 bits per heavy atom. The Hall–Kier alpha value is -1.52. The third-order valence-electron chi connectivity index (χ3n) is 2.54. The van der Waals surface area contributed by atoms with Gasteiger partial charge >= 0.3 is 0 Å². The second kappa shape index (κ2) is 5.42. The molecule has 0 bridgehead atoms. The van der Waals surface area contributed by atoms with Crippen LogP contribution in [0.5, 0.6) is 0 Å². The lowest BCUT2D eigenvalue weighted by atomic mass is 10.1. The molecule has 2 aromatic rings. The number of hydrogen-bond donors (Lipinski definition) is 2. The molecule has 6 heteroatoms. The largest absolute Gasteiger partial charge is 0.345 e. The highest BCUT2D eigenvalue weighted by atomic mass is 35.5. The van der Waals surface area contributed by atoms with Gasteiger partial charge in [0.15, 0.2) is 0 Å². The second-order valence-corrected chi connectivity index (χ2v) is 4.69.